The van der Waals surface area contributed by atoms with Crippen LogP contribution < -0.4 is 14.8 Å². The Labute approximate surface area is 202 Å². The summed E-state index contributed by atoms with van der Waals surface area (Å²) in [5.74, 6) is -0.405. The summed E-state index contributed by atoms with van der Waals surface area (Å²) in [4.78, 5) is 24.7. The van der Waals surface area contributed by atoms with Crippen molar-refractivity contribution >= 4 is 44.3 Å². The second-order valence-electron chi connectivity index (χ2n) is 8.04. The first kappa shape index (κ1) is 24.1. The standard InChI is InChI=1S/C23H24ClN3O6S/c1-4-20(28)26-34(30,31)15-7-5-14(6-8-15)23(12-33-13-23)25-22(29)18-11-16-17(27(18)2)9-10-19(32-3)21(16)24/h5-11H,4,12-13H2,1-3H3,(H,25,29)(H,26,28). The Bertz CT molecular complexity index is 1380. The van der Waals surface area contributed by atoms with Crippen LogP contribution in [0, 0.1) is 0 Å². The van der Waals surface area contributed by atoms with Crippen LogP contribution in [-0.2, 0) is 32.1 Å². The normalized spacial score (nSPS) is 14.9. The lowest BCUT2D eigenvalue weighted by Gasteiger charge is -2.42. The second-order valence-corrected chi connectivity index (χ2v) is 10.1. The lowest BCUT2D eigenvalue weighted by atomic mass is 9.88. The van der Waals surface area contributed by atoms with E-state index in [1.165, 1.54) is 19.2 Å². The highest BCUT2D eigenvalue weighted by atomic mass is 35.5. The molecule has 2 heterocycles. The number of rotatable bonds is 7. The van der Waals surface area contributed by atoms with E-state index in [-0.39, 0.29) is 30.4 Å². The summed E-state index contributed by atoms with van der Waals surface area (Å²) in [5, 5.41) is 4.14. The molecular formula is C23H24ClN3O6S. The number of nitrogens with zero attached hydrogens (tertiary/aromatic N) is 1. The zero-order chi connectivity index (χ0) is 24.7. The van der Waals surface area contributed by atoms with Gasteiger partial charge in [0.25, 0.3) is 15.9 Å². The minimum Gasteiger partial charge on any atom is -0.495 e. The Balaban J connectivity index is 1.61. The largest absolute Gasteiger partial charge is 0.495 e. The first-order chi connectivity index (χ1) is 16.1. The van der Waals surface area contributed by atoms with E-state index in [0.717, 1.165) is 5.52 Å². The number of carbonyl (C=O) groups excluding carboxylic acids is 2. The van der Waals surface area contributed by atoms with Gasteiger partial charge in [-0.2, -0.15) is 0 Å². The smallest absolute Gasteiger partial charge is 0.268 e. The van der Waals surface area contributed by atoms with Gasteiger partial charge in [0.2, 0.25) is 5.91 Å². The van der Waals surface area contributed by atoms with E-state index in [1.807, 2.05) is 10.8 Å². The number of hydrogen-bond acceptors (Lipinski definition) is 6. The molecule has 2 aromatic carbocycles. The summed E-state index contributed by atoms with van der Waals surface area (Å²) < 4.78 is 39.1. The number of aromatic nitrogens is 1. The molecule has 1 saturated heterocycles. The highest BCUT2D eigenvalue weighted by molar-refractivity contribution is 7.90. The SMILES string of the molecule is CCC(=O)NS(=O)(=O)c1ccc(C2(NC(=O)c3cc4c(Cl)c(OC)ccc4n3C)COC2)cc1. The number of sulfonamides is 1. The Morgan fingerprint density at radius 3 is 2.41 bits per heavy atom. The van der Waals surface area contributed by atoms with Crippen LogP contribution in [0.25, 0.3) is 10.9 Å². The number of halogens is 1. The van der Waals surface area contributed by atoms with Crippen LogP contribution in [0.3, 0.4) is 0 Å². The highest BCUT2D eigenvalue weighted by Gasteiger charge is 2.42. The van der Waals surface area contributed by atoms with Crippen molar-refractivity contribution in [3.05, 3.63) is 58.7 Å². The van der Waals surface area contributed by atoms with Crippen molar-refractivity contribution in [1.82, 2.24) is 14.6 Å². The van der Waals surface area contributed by atoms with E-state index < -0.39 is 21.5 Å². The van der Waals surface area contributed by atoms with Gasteiger partial charge in [-0.3, -0.25) is 9.59 Å². The molecule has 0 atom stereocenters. The van der Waals surface area contributed by atoms with Gasteiger partial charge < -0.3 is 19.4 Å². The lowest BCUT2D eigenvalue weighted by molar-refractivity contribution is -0.119. The lowest BCUT2D eigenvalue weighted by Crippen LogP contribution is -2.59. The third kappa shape index (κ3) is 4.13. The first-order valence-electron chi connectivity index (χ1n) is 10.5. The minimum absolute atomic E-state index is 0.0444. The van der Waals surface area contributed by atoms with Crippen LogP contribution in [0.15, 0.2) is 47.4 Å². The molecule has 0 bridgehead atoms. The maximum Gasteiger partial charge on any atom is 0.268 e. The molecule has 4 rings (SSSR count). The quantitative estimate of drug-likeness (QED) is 0.510. The number of aryl methyl sites for hydroxylation is 1. The molecule has 0 spiro atoms. The van der Waals surface area contributed by atoms with Crippen molar-refractivity contribution in [3.63, 3.8) is 0 Å². The molecule has 1 aromatic heterocycles. The number of benzene rings is 2. The molecule has 1 aliphatic rings. The topological polar surface area (TPSA) is 116 Å². The van der Waals surface area contributed by atoms with Crippen molar-refractivity contribution in [2.45, 2.75) is 23.8 Å². The highest BCUT2D eigenvalue weighted by Crippen LogP contribution is 2.35. The molecule has 34 heavy (non-hydrogen) atoms. The molecule has 9 nitrogen and oxygen atoms in total. The number of nitrogens with one attached hydrogen (secondary N) is 2. The number of methoxy groups -OCH3 is 1. The molecule has 11 heteroatoms. The van der Waals surface area contributed by atoms with Gasteiger partial charge in [0, 0.05) is 18.9 Å². The Hall–Kier alpha value is -3.08. The average Bonchev–Trinajstić information content (AvgIpc) is 3.13. The van der Waals surface area contributed by atoms with Gasteiger partial charge >= 0.3 is 0 Å². The van der Waals surface area contributed by atoms with Crippen molar-refractivity contribution in [2.24, 2.45) is 7.05 Å². The van der Waals surface area contributed by atoms with E-state index in [4.69, 9.17) is 21.1 Å². The van der Waals surface area contributed by atoms with Crippen LogP contribution in [0.4, 0.5) is 0 Å². The number of ether oxygens (including phenoxy) is 2. The van der Waals surface area contributed by atoms with Gasteiger partial charge in [0.15, 0.2) is 0 Å². The van der Waals surface area contributed by atoms with Crippen LogP contribution >= 0.6 is 11.6 Å². The third-order valence-corrected chi connectivity index (χ3v) is 7.69. The maximum atomic E-state index is 13.3. The molecule has 0 unspecified atom stereocenters. The molecular weight excluding hydrogens is 482 g/mol. The van der Waals surface area contributed by atoms with E-state index in [9.17, 15) is 18.0 Å². The number of hydrogen-bond donors (Lipinski definition) is 2. The van der Waals surface area contributed by atoms with Crippen LogP contribution in [-0.4, -0.2) is 45.1 Å². The molecule has 1 fully saturated rings. The van der Waals surface area contributed by atoms with E-state index in [0.29, 0.717) is 27.4 Å². The predicted octanol–water partition coefficient (Wildman–Crippen LogP) is 2.71. The van der Waals surface area contributed by atoms with E-state index in [1.54, 1.807) is 42.8 Å². The number of fused-ring (bicyclic) bond motifs is 1. The second kappa shape index (κ2) is 8.94. The van der Waals surface area contributed by atoms with Crippen molar-refractivity contribution in [2.75, 3.05) is 20.3 Å². The van der Waals surface area contributed by atoms with Gasteiger partial charge in [-0.1, -0.05) is 30.7 Å². The van der Waals surface area contributed by atoms with Gasteiger partial charge in [0.05, 0.1) is 35.8 Å². The summed E-state index contributed by atoms with van der Waals surface area (Å²) >= 11 is 6.43. The van der Waals surface area contributed by atoms with Crippen molar-refractivity contribution < 1.29 is 27.5 Å². The zero-order valence-corrected chi connectivity index (χ0v) is 20.4. The Morgan fingerprint density at radius 2 is 1.85 bits per heavy atom. The van der Waals surface area contributed by atoms with Gasteiger partial charge in [-0.05, 0) is 35.9 Å². The number of carbonyl (C=O) groups is 2. The summed E-state index contributed by atoms with van der Waals surface area (Å²) in [7, 11) is -0.665. The van der Waals surface area contributed by atoms with Gasteiger partial charge in [-0.15, -0.1) is 0 Å². The summed E-state index contributed by atoms with van der Waals surface area (Å²) in [6, 6.07) is 11.3. The summed E-state index contributed by atoms with van der Waals surface area (Å²) in [6.45, 7) is 2.03. The molecule has 1 aliphatic heterocycles. The molecule has 0 aliphatic carbocycles. The molecule has 2 N–H and O–H groups in total. The zero-order valence-electron chi connectivity index (χ0n) is 18.8. The van der Waals surface area contributed by atoms with Crippen LogP contribution in [0.2, 0.25) is 5.02 Å². The van der Waals surface area contributed by atoms with E-state index in [2.05, 4.69) is 5.32 Å². The molecule has 3 aromatic rings. The molecule has 2 amide bonds. The first-order valence-corrected chi connectivity index (χ1v) is 12.4. The van der Waals surface area contributed by atoms with Crippen LogP contribution in [0.1, 0.15) is 29.4 Å². The Kier molecular flexibility index (Phi) is 6.32. The Morgan fingerprint density at radius 1 is 1.18 bits per heavy atom. The fourth-order valence-corrected chi connectivity index (χ4v) is 5.21. The minimum atomic E-state index is -3.96. The average molecular weight is 506 g/mol. The number of amides is 2. The molecule has 180 valence electrons. The maximum absolute atomic E-state index is 13.3. The monoisotopic (exact) mass is 505 g/mol. The summed E-state index contributed by atoms with van der Waals surface area (Å²) in [6.07, 6.45) is 0.0515. The van der Waals surface area contributed by atoms with Crippen molar-refractivity contribution in [3.8, 4) is 5.75 Å². The van der Waals surface area contributed by atoms with Gasteiger partial charge in [0.1, 0.15) is 17.0 Å². The summed E-state index contributed by atoms with van der Waals surface area (Å²) in [5.41, 5.74) is 1.05. The molecule has 0 saturated carbocycles. The van der Waals surface area contributed by atoms with Crippen molar-refractivity contribution in [1.29, 1.82) is 0 Å². The predicted molar refractivity (Wildman–Crippen MR) is 127 cm³/mol. The molecule has 0 radical (unpaired) electrons. The third-order valence-electron chi connectivity index (χ3n) is 5.91. The fourth-order valence-electron chi connectivity index (χ4n) is 3.86. The van der Waals surface area contributed by atoms with Gasteiger partial charge in [-0.25, -0.2) is 13.1 Å². The van der Waals surface area contributed by atoms with E-state index >= 15 is 0 Å². The fraction of sp³-hybridized carbons (Fsp3) is 0.304. The van der Waals surface area contributed by atoms with Crippen LogP contribution in [0.5, 0.6) is 5.75 Å².